The number of rotatable bonds is 6. The average Bonchev–Trinajstić information content (AvgIpc) is 2.21. The number of hydrogen-bond donors (Lipinski definition) is 2. The molecule has 0 aromatic carbocycles. The van der Waals surface area contributed by atoms with Crippen LogP contribution in [0.1, 0.15) is 20.8 Å². The molecule has 2 N–H and O–H groups in total. The summed E-state index contributed by atoms with van der Waals surface area (Å²) in [5.41, 5.74) is 0. The van der Waals surface area contributed by atoms with E-state index in [2.05, 4.69) is 9.47 Å². The SMILES string of the molecule is CC(=O)O[C@@H]([C@@H](O)[C@@H](C)O)[C@H](C=O)OC(C)=O. The minimum absolute atomic E-state index is 0.223. The lowest BCUT2D eigenvalue weighted by Gasteiger charge is -2.28. The highest BCUT2D eigenvalue weighted by atomic mass is 16.6. The molecule has 98 valence electrons. The topological polar surface area (TPSA) is 110 Å². The molecular weight excluding hydrogens is 232 g/mol. The van der Waals surface area contributed by atoms with Gasteiger partial charge in [-0.2, -0.15) is 0 Å². The van der Waals surface area contributed by atoms with Gasteiger partial charge in [-0.25, -0.2) is 0 Å². The van der Waals surface area contributed by atoms with E-state index in [0.29, 0.717) is 0 Å². The van der Waals surface area contributed by atoms with Crippen LogP contribution in [0.25, 0.3) is 0 Å². The summed E-state index contributed by atoms with van der Waals surface area (Å²) in [5, 5.41) is 18.8. The highest BCUT2D eigenvalue weighted by Crippen LogP contribution is 2.12. The van der Waals surface area contributed by atoms with Gasteiger partial charge in [-0.15, -0.1) is 0 Å². The predicted molar refractivity (Wildman–Crippen MR) is 54.9 cm³/mol. The van der Waals surface area contributed by atoms with Gasteiger partial charge in [-0.05, 0) is 6.92 Å². The van der Waals surface area contributed by atoms with Crippen LogP contribution in [0.15, 0.2) is 0 Å². The lowest BCUT2D eigenvalue weighted by Crippen LogP contribution is -2.48. The van der Waals surface area contributed by atoms with Crippen LogP contribution in [0, 0.1) is 0 Å². The molecule has 0 spiro atoms. The van der Waals surface area contributed by atoms with E-state index < -0.39 is 36.4 Å². The van der Waals surface area contributed by atoms with Crippen LogP contribution in [0.2, 0.25) is 0 Å². The fraction of sp³-hybridized carbons (Fsp3) is 0.700. The molecule has 0 radical (unpaired) electrons. The minimum atomic E-state index is -1.53. The van der Waals surface area contributed by atoms with Crippen LogP contribution in [0.5, 0.6) is 0 Å². The first kappa shape index (κ1) is 15.5. The van der Waals surface area contributed by atoms with E-state index in [4.69, 9.17) is 0 Å². The highest BCUT2D eigenvalue weighted by molar-refractivity contribution is 5.71. The van der Waals surface area contributed by atoms with Crippen molar-refractivity contribution < 1.29 is 34.1 Å². The molecule has 0 unspecified atom stereocenters. The number of aldehydes is 1. The molecule has 0 aliphatic carbocycles. The largest absolute Gasteiger partial charge is 0.455 e. The van der Waals surface area contributed by atoms with Crippen LogP contribution >= 0.6 is 0 Å². The molecule has 0 saturated heterocycles. The molecule has 4 atom stereocenters. The van der Waals surface area contributed by atoms with Crippen molar-refractivity contribution in [3.63, 3.8) is 0 Å². The summed E-state index contributed by atoms with van der Waals surface area (Å²) in [7, 11) is 0. The van der Waals surface area contributed by atoms with Crippen LogP contribution in [-0.2, 0) is 23.9 Å². The van der Waals surface area contributed by atoms with E-state index in [9.17, 15) is 24.6 Å². The van der Waals surface area contributed by atoms with Crippen LogP contribution in [0.3, 0.4) is 0 Å². The highest BCUT2D eigenvalue weighted by Gasteiger charge is 2.36. The Morgan fingerprint density at radius 2 is 1.59 bits per heavy atom. The molecule has 0 aromatic heterocycles. The fourth-order valence-electron chi connectivity index (χ4n) is 1.16. The molecule has 0 rings (SSSR count). The molecule has 0 aromatic rings. The van der Waals surface area contributed by atoms with Crippen molar-refractivity contribution in [2.45, 2.75) is 45.2 Å². The standard InChI is InChI=1S/C10H16O7/c1-5(12)9(15)10(17-7(3)14)8(4-11)16-6(2)13/h4-5,8-10,12,15H,1-3H3/t5-,8+,9+,10-/m1/s1. The number of ether oxygens (including phenoxy) is 2. The van der Waals surface area contributed by atoms with E-state index >= 15 is 0 Å². The van der Waals surface area contributed by atoms with Gasteiger partial charge in [-0.1, -0.05) is 0 Å². The number of aliphatic hydroxyl groups excluding tert-OH is 2. The quantitative estimate of drug-likeness (QED) is 0.448. The third kappa shape index (κ3) is 5.41. The maximum Gasteiger partial charge on any atom is 0.303 e. The first-order chi connectivity index (χ1) is 7.79. The zero-order chi connectivity index (χ0) is 13.6. The van der Waals surface area contributed by atoms with Crippen LogP contribution in [-0.4, -0.2) is 52.9 Å². The molecule has 0 amide bonds. The average molecular weight is 248 g/mol. The first-order valence-corrected chi connectivity index (χ1v) is 4.95. The Hall–Kier alpha value is -1.47. The summed E-state index contributed by atoms with van der Waals surface area (Å²) >= 11 is 0. The number of esters is 2. The monoisotopic (exact) mass is 248 g/mol. The second kappa shape index (κ2) is 6.97. The number of hydrogen-bond acceptors (Lipinski definition) is 7. The molecule has 0 heterocycles. The minimum Gasteiger partial charge on any atom is -0.455 e. The van der Waals surface area contributed by atoms with Crippen molar-refractivity contribution in [3.8, 4) is 0 Å². The zero-order valence-electron chi connectivity index (χ0n) is 9.82. The van der Waals surface area contributed by atoms with Crippen LogP contribution in [0.4, 0.5) is 0 Å². The number of carbonyl (C=O) groups excluding carboxylic acids is 3. The van der Waals surface area contributed by atoms with Gasteiger partial charge in [-0.3, -0.25) is 14.4 Å². The van der Waals surface area contributed by atoms with Crippen molar-refractivity contribution >= 4 is 18.2 Å². The molecule has 7 heteroatoms. The Kier molecular flexibility index (Phi) is 6.37. The van der Waals surface area contributed by atoms with E-state index in [0.717, 1.165) is 13.8 Å². The van der Waals surface area contributed by atoms with Crippen molar-refractivity contribution in [2.75, 3.05) is 0 Å². The van der Waals surface area contributed by atoms with Crippen molar-refractivity contribution in [1.29, 1.82) is 0 Å². The summed E-state index contributed by atoms with van der Waals surface area (Å²) in [5.74, 6) is -1.54. The Labute approximate surface area is 98.3 Å². The Balaban J connectivity index is 4.91. The van der Waals surface area contributed by atoms with E-state index in [1.807, 2.05) is 0 Å². The predicted octanol–water partition coefficient (Wildman–Crippen LogP) is -1.21. The summed E-state index contributed by atoms with van der Waals surface area (Å²) in [6.07, 6.45) is -5.46. The van der Waals surface area contributed by atoms with E-state index in [1.54, 1.807) is 0 Å². The lowest BCUT2D eigenvalue weighted by molar-refractivity contribution is -0.180. The van der Waals surface area contributed by atoms with Crippen LogP contribution < -0.4 is 0 Å². The lowest BCUT2D eigenvalue weighted by atomic mass is 10.0. The third-order valence-corrected chi connectivity index (χ3v) is 1.89. The maximum absolute atomic E-state index is 10.8. The van der Waals surface area contributed by atoms with Gasteiger partial charge in [0.25, 0.3) is 0 Å². The van der Waals surface area contributed by atoms with Crippen molar-refractivity contribution in [3.05, 3.63) is 0 Å². The fourth-order valence-corrected chi connectivity index (χ4v) is 1.16. The third-order valence-electron chi connectivity index (χ3n) is 1.89. The molecule has 17 heavy (non-hydrogen) atoms. The summed E-state index contributed by atoms with van der Waals surface area (Å²) in [4.78, 5) is 32.3. The second-order valence-electron chi connectivity index (χ2n) is 3.52. The smallest absolute Gasteiger partial charge is 0.303 e. The summed E-state index contributed by atoms with van der Waals surface area (Å²) in [6.45, 7) is 3.38. The van der Waals surface area contributed by atoms with E-state index in [-0.39, 0.29) is 6.29 Å². The normalized spacial score (nSPS) is 17.5. The molecular formula is C10H16O7. The van der Waals surface area contributed by atoms with Crippen molar-refractivity contribution in [2.24, 2.45) is 0 Å². The Morgan fingerprint density at radius 3 is 1.88 bits per heavy atom. The van der Waals surface area contributed by atoms with Crippen molar-refractivity contribution in [1.82, 2.24) is 0 Å². The molecule has 7 nitrogen and oxygen atoms in total. The Morgan fingerprint density at radius 1 is 1.12 bits per heavy atom. The van der Waals surface area contributed by atoms with Gasteiger partial charge in [0, 0.05) is 13.8 Å². The van der Waals surface area contributed by atoms with Gasteiger partial charge in [0.05, 0.1) is 6.10 Å². The molecule has 0 fully saturated rings. The van der Waals surface area contributed by atoms with Gasteiger partial charge < -0.3 is 19.7 Å². The Bertz CT molecular complexity index is 286. The summed E-state index contributed by atoms with van der Waals surface area (Å²) in [6, 6.07) is 0. The van der Waals surface area contributed by atoms with Gasteiger partial charge >= 0.3 is 11.9 Å². The maximum atomic E-state index is 10.8. The van der Waals surface area contributed by atoms with Gasteiger partial charge in [0.1, 0.15) is 6.10 Å². The van der Waals surface area contributed by atoms with Gasteiger partial charge in [0.15, 0.2) is 18.5 Å². The molecule has 0 saturated carbocycles. The first-order valence-electron chi connectivity index (χ1n) is 4.95. The van der Waals surface area contributed by atoms with E-state index in [1.165, 1.54) is 6.92 Å². The number of aliphatic hydroxyl groups is 2. The summed E-state index contributed by atoms with van der Waals surface area (Å²) < 4.78 is 9.25. The number of carbonyl (C=O) groups is 3. The van der Waals surface area contributed by atoms with Gasteiger partial charge in [0.2, 0.25) is 0 Å². The second-order valence-corrected chi connectivity index (χ2v) is 3.52. The molecule has 0 aliphatic heterocycles. The molecule has 0 aliphatic rings. The zero-order valence-corrected chi connectivity index (χ0v) is 9.82. The molecule has 0 bridgehead atoms.